The second kappa shape index (κ2) is 6.89. The zero-order chi connectivity index (χ0) is 20.8. The lowest BCUT2D eigenvalue weighted by molar-refractivity contribution is -0.116. The standard InChI is InChI=1S/C21H19N3O4S/c1-14(25)23(2)17-11-9-16(10-12-17)22-20(26)13-24-18-7-3-5-15-6-4-8-19(21(15)18)29(24,27)28/h3-12H,13H2,1-2H3,(H,22,26). The van der Waals surface area contributed by atoms with Crippen LogP contribution in [0.25, 0.3) is 10.8 Å². The van der Waals surface area contributed by atoms with Crippen LogP contribution in [0.5, 0.6) is 0 Å². The second-order valence-electron chi connectivity index (χ2n) is 6.82. The van der Waals surface area contributed by atoms with Gasteiger partial charge in [-0.3, -0.25) is 13.9 Å². The summed E-state index contributed by atoms with van der Waals surface area (Å²) in [5.74, 6) is -0.555. The van der Waals surface area contributed by atoms with Crippen molar-refractivity contribution in [3.8, 4) is 0 Å². The van der Waals surface area contributed by atoms with Crippen molar-refractivity contribution in [3.63, 3.8) is 0 Å². The van der Waals surface area contributed by atoms with Crippen LogP contribution in [0.3, 0.4) is 0 Å². The fourth-order valence-electron chi connectivity index (χ4n) is 3.41. The van der Waals surface area contributed by atoms with Gasteiger partial charge in [0.05, 0.1) is 10.6 Å². The van der Waals surface area contributed by atoms with Crippen LogP contribution < -0.4 is 14.5 Å². The van der Waals surface area contributed by atoms with E-state index in [0.29, 0.717) is 22.4 Å². The summed E-state index contributed by atoms with van der Waals surface area (Å²) >= 11 is 0. The molecule has 0 saturated carbocycles. The van der Waals surface area contributed by atoms with E-state index in [1.807, 2.05) is 12.1 Å². The molecular formula is C21H19N3O4S. The molecule has 3 aromatic carbocycles. The fourth-order valence-corrected chi connectivity index (χ4v) is 5.08. The third-order valence-corrected chi connectivity index (χ3v) is 6.78. The monoisotopic (exact) mass is 409 g/mol. The molecule has 0 saturated heterocycles. The minimum Gasteiger partial charge on any atom is -0.325 e. The van der Waals surface area contributed by atoms with Gasteiger partial charge in [-0.2, -0.15) is 0 Å². The van der Waals surface area contributed by atoms with Crippen molar-refractivity contribution in [1.82, 2.24) is 0 Å². The molecule has 0 aliphatic carbocycles. The van der Waals surface area contributed by atoms with Gasteiger partial charge in [0.15, 0.2) is 0 Å². The lowest BCUT2D eigenvalue weighted by Crippen LogP contribution is -2.35. The van der Waals surface area contributed by atoms with Gasteiger partial charge in [-0.15, -0.1) is 0 Å². The van der Waals surface area contributed by atoms with Crippen molar-refractivity contribution < 1.29 is 18.0 Å². The lowest BCUT2D eigenvalue weighted by atomic mass is 10.1. The predicted molar refractivity (Wildman–Crippen MR) is 113 cm³/mol. The van der Waals surface area contributed by atoms with Gasteiger partial charge < -0.3 is 10.2 Å². The number of carbonyl (C=O) groups excluding carboxylic acids is 2. The Balaban J connectivity index is 1.55. The van der Waals surface area contributed by atoms with Gasteiger partial charge in [-0.05, 0) is 41.8 Å². The van der Waals surface area contributed by atoms with Gasteiger partial charge in [0.25, 0.3) is 10.0 Å². The average Bonchev–Trinajstić information content (AvgIpc) is 2.91. The Morgan fingerprint density at radius 2 is 1.66 bits per heavy atom. The molecule has 29 heavy (non-hydrogen) atoms. The Kier molecular flexibility index (Phi) is 4.50. The third-order valence-electron chi connectivity index (χ3n) is 4.98. The molecule has 0 unspecified atom stereocenters. The zero-order valence-corrected chi connectivity index (χ0v) is 16.7. The third kappa shape index (κ3) is 3.21. The molecule has 8 heteroatoms. The Bertz CT molecular complexity index is 1230. The number of anilines is 3. The number of hydrogen-bond donors (Lipinski definition) is 1. The first kappa shape index (κ1) is 18.9. The summed E-state index contributed by atoms with van der Waals surface area (Å²) in [5, 5.41) is 4.17. The van der Waals surface area contributed by atoms with E-state index >= 15 is 0 Å². The number of carbonyl (C=O) groups is 2. The number of nitrogens with zero attached hydrogens (tertiary/aromatic N) is 2. The number of hydrogen-bond acceptors (Lipinski definition) is 4. The van der Waals surface area contributed by atoms with Crippen molar-refractivity contribution in [2.75, 3.05) is 28.1 Å². The molecule has 7 nitrogen and oxygen atoms in total. The van der Waals surface area contributed by atoms with Gasteiger partial charge in [0, 0.05) is 30.7 Å². The van der Waals surface area contributed by atoms with Crippen LogP contribution >= 0.6 is 0 Å². The Morgan fingerprint density at radius 3 is 2.31 bits per heavy atom. The summed E-state index contributed by atoms with van der Waals surface area (Å²) in [6.07, 6.45) is 0. The summed E-state index contributed by atoms with van der Waals surface area (Å²) < 4.78 is 27.0. The molecule has 1 N–H and O–H groups in total. The minimum absolute atomic E-state index is 0.102. The molecule has 148 valence electrons. The number of nitrogens with one attached hydrogen (secondary N) is 1. The number of sulfonamides is 1. The molecule has 0 spiro atoms. The molecule has 0 radical (unpaired) electrons. The maximum Gasteiger partial charge on any atom is 0.265 e. The molecule has 1 aliphatic heterocycles. The largest absolute Gasteiger partial charge is 0.325 e. The summed E-state index contributed by atoms with van der Waals surface area (Å²) in [6.45, 7) is 1.13. The van der Waals surface area contributed by atoms with Gasteiger partial charge in [-0.25, -0.2) is 8.42 Å². The van der Waals surface area contributed by atoms with Crippen LogP contribution in [0.4, 0.5) is 17.1 Å². The SMILES string of the molecule is CC(=O)N(C)c1ccc(NC(=O)CN2c3cccc4cccc(c34)S2(=O)=O)cc1. The van der Waals surface area contributed by atoms with Crippen LogP contribution in [0, 0.1) is 0 Å². The van der Waals surface area contributed by atoms with E-state index in [2.05, 4.69) is 5.32 Å². The number of benzene rings is 3. The van der Waals surface area contributed by atoms with Crippen molar-refractivity contribution in [1.29, 1.82) is 0 Å². The van der Waals surface area contributed by atoms with Crippen molar-refractivity contribution in [2.45, 2.75) is 11.8 Å². The van der Waals surface area contributed by atoms with Gasteiger partial charge in [0.1, 0.15) is 6.54 Å². The van der Waals surface area contributed by atoms with E-state index < -0.39 is 15.9 Å². The van der Waals surface area contributed by atoms with E-state index in [1.165, 1.54) is 11.8 Å². The number of amides is 2. The smallest absolute Gasteiger partial charge is 0.265 e. The lowest BCUT2D eigenvalue weighted by Gasteiger charge is -2.19. The highest BCUT2D eigenvalue weighted by Crippen LogP contribution is 2.41. The average molecular weight is 409 g/mol. The highest BCUT2D eigenvalue weighted by atomic mass is 32.2. The van der Waals surface area contributed by atoms with Crippen LogP contribution in [0.1, 0.15) is 6.92 Å². The van der Waals surface area contributed by atoms with Crippen molar-refractivity contribution >= 4 is 49.7 Å². The zero-order valence-electron chi connectivity index (χ0n) is 15.9. The summed E-state index contributed by atoms with van der Waals surface area (Å²) in [5.41, 5.74) is 1.72. The number of rotatable bonds is 4. The van der Waals surface area contributed by atoms with E-state index in [0.717, 1.165) is 9.69 Å². The van der Waals surface area contributed by atoms with Gasteiger partial charge >= 0.3 is 0 Å². The highest BCUT2D eigenvalue weighted by molar-refractivity contribution is 7.93. The first-order valence-corrected chi connectivity index (χ1v) is 10.4. The second-order valence-corrected chi connectivity index (χ2v) is 8.65. The normalized spacial score (nSPS) is 14.1. The molecule has 2 amide bonds. The minimum atomic E-state index is -3.78. The molecule has 0 bridgehead atoms. The molecule has 0 aromatic heterocycles. The maximum atomic E-state index is 12.9. The van der Waals surface area contributed by atoms with Gasteiger partial charge in [0.2, 0.25) is 11.8 Å². The predicted octanol–water partition coefficient (Wildman–Crippen LogP) is 2.97. The quantitative estimate of drug-likeness (QED) is 0.718. The summed E-state index contributed by atoms with van der Waals surface area (Å²) in [4.78, 5) is 25.7. The highest BCUT2D eigenvalue weighted by Gasteiger charge is 2.36. The molecule has 1 aliphatic rings. The Morgan fingerprint density at radius 1 is 1.00 bits per heavy atom. The van der Waals surface area contributed by atoms with Crippen LogP contribution in [-0.4, -0.2) is 33.8 Å². The fraction of sp³-hybridized carbons (Fsp3) is 0.143. The van der Waals surface area contributed by atoms with E-state index in [-0.39, 0.29) is 17.3 Å². The summed E-state index contributed by atoms with van der Waals surface area (Å²) in [6, 6.07) is 17.2. The Labute approximate surface area is 168 Å². The molecule has 0 atom stereocenters. The van der Waals surface area contributed by atoms with E-state index in [1.54, 1.807) is 55.6 Å². The van der Waals surface area contributed by atoms with Crippen molar-refractivity contribution in [2.24, 2.45) is 0 Å². The van der Waals surface area contributed by atoms with Crippen LogP contribution in [-0.2, 0) is 19.6 Å². The first-order chi connectivity index (χ1) is 13.8. The van der Waals surface area contributed by atoms with E-state index in [9.17, 15) is 18.0 Å². The topological polar surface area (TPSA) is 86.8 Å². The molecule has 3 aromatic rings. The van der Waals surface area contributed by atoms with Gasteiger partial charge in [-0.1, -0.05) is 24.3 Å². The molecule has 1 heterocycles. The maximum absolute atomic E-state index is 12.9. The molecule has 0 fully saturated rings. The molecule has 4 rings (SSSR count). The van der Waals surface area contributed by atoms with E-state index in [4.69, 9.17) is 0 Å². The van der Waals surface area contributed by atoms with Crippen LogP contribution in [0.15, 0.2) is 65.6 Å². The van der Waals surface area contributed by atoms with Crippen LogP contribution in [0.2, 0.25) is 0 Å². The first-order valence-electron chi connectivity index (χ1n) is 8.98. The van der Waals surface area contributed by atoms with Crippen molar-refractivity contribution in [3.05, 3.63) is 60.7 Å². The Hall–Kier alpha value is -3.39. The summed E-state index contributed by atoms with van der Waals surface area (Å²) in [7, 11) is -2.13. The molecular weight excluding hydrogens is 390 g/mol.